The third-order valence-electron chi connectivity index (χ3n) is 1.85. The maximum absolute atomic E-state index is 11.3. The van der Waals surface area contributed by atoms with Crippen LogP contribution in [-0.4, -0.2) is 44.2 Å². The molecule has 0 aromatic rings. The minimum Gasteiger partial charge on any atom is -0.382 e. The van der Waals surface area contributed by atoms with E-state index >= 15 is 0 Å². The van der Waals surface area contributed by atoms with Gasteiger partial charge in [0.05, 0.1) is 0 Å². The van der Waals surface area contributed by atoms with Crippen molar-refractivity contribution in [3.8, 4) is 0 Å². The second-order valence-electron chi connectivity index (χ2n) is 3.65. The number of carbonyl (C=O) groups excluding carboxylic acids is 2. The predicted molar refractivity (Wildman–Crippen MR) is 60.2 cm³/mol. The molecule has 1 amide bonds. The molecular weight excluding hydrogens is 210 g/mol. The number of amides is 1. The molecule has 1 atom stereocenters. The molecule has 0 saturated heterocycles. The average Bonchev–Trinajstić information content (AvgIpc) is 2.17. The lowest BCUT2D eigenvalue weighted by molar-refractivity contribution is -0.129. The van der Waals surface area contributed by atoms with E-state index in [4.69, 9.17) is 9.47 Å². The maximum Gasteiger partial charge on any atom is 0.246 e. The number of hydrogen-bond acceptors (Lipinski definition) is 4. The van der Waals surface area contributed by atoms with Crippen molar-refractivity contribution in [3.05, 3.63) is 0 Å². The number of nitrogens with one attached hydrogen (secondary N) is 1. The number of ketones is 1. The molecule has 16 heavy (non-hydrogen) atoms. The fraction of sp³-hybridized carbons (Fsp3) is 0.818. The first-order chi connectivity index (χ1) is 7.56. The lowest BCUT2D eigenvalue weighted by Gasteiger charge is -2.13. The molecule has 1 N–H and O–H groups in total. The first-order valence-electron chi connectivity index (χ1n) is 5.50. The SMILES string of the molecule is CCOCCC(C)NC(=O)COCC(C)=O. The summed E-state index contributed by atoms with van der Waals surface area (Å²) in [6.07, 6.45) is 0.770. The molecule has 5 nitrogen and oxygen atoms in total. The van der Waals surface area contributed by atoms with Gasteiger partial charge in [0.25, 0.3) is 0 Å². The van der Waals surface area contributed by atoms with Crippen LogP contribution in [0.3, 0.4) is 0 Å². The van der Waals surface area contributed by atoms with Crippen LogP contribution in [0.2, 0.25) is 0 Å². The van der Waals surface area contributed by atoms with Crippen LogP contribution in [0.5, 0.6) is 0 Å². The molecule has 0 bridgehead atoms. The highest BCUT2D eigenvalue weighted by molar-refractivity contribution is 5.79. The van der Waals surface area contributed by atoms with Gasteiger partial charge in [0.2, 0.25) is 5.91 Å². The zero-order valence-electron chi connectivity index (χ0n) is 10.2. The van der Waals surface area contributed by atoms with Gasteiger partial charge in [-0.25, -0.2) is 0 Å². The van der Waals surface area contributed by atoms with E-state index < -0.39 is 0 Å². The predicted octanol–water partition coefficient (Wildman–Crippen LogP) is 0.523. The number of Topliss-reactive ketones (excluding diaryl/α,β-unsaturated/α-hetero) is 1. The lowest BCUT2D eigenvalue weighted by Crippen LogP contribution is -2.36. The van der Waals surface area contributed by atoms with Crippen LogP contribution < -0.4 is 5.32 Å². The van der Waals surface area contributed by atoms with Crippen molar-refractivity contribution in [1.29, 1.82) is 0 Å². The molecular formula is C11H21NO4. The van der Waals surface area contributed by atoms with Crippen LogP contribution in [-0.2, 0) is 19.1 Å². The molecule has 0 fully saturated rings. The first-order valence-corrected chi connectivity index (χ1v) is 5.50. The minimum atomic E-state index is -0.203. The second kappa shape index (κ2) is 9.30. The van der Waals surface area contributed by atoms with E-state index in [1.165, 1.54) is 6.92 Å². The molecule has 5 heteroatoms. The van der Waals surface area contributed by atoms with Crippen LogP contribution in [0, 0.1) is 0 Å². The van der Waals surface area contributed by atoms with E-state index in [0.29, 0.717) is 13.2 Å². The van der Waals surface area contributed by atoms with Crippen molar-refractivity contribution >= 4 is 11.7 Å². The van der Waals surface area contributed by atoms with Gasteiger partial charge < -0.3 is 14.8 Å². The standard InChI is InChI=1S/C11H21NO4/c1-4-15-6-5-9(2)12-11(14)8-16-7-10(3)13/h9H,4-8H2,1-3H3,(H,12,14). The number of hydrogen-bond donors (Lipinski definition) is 1. The average molecular weight is 231 g/mol. The Bertz CT molecular complexity index is 218. The molecule has 0 aromatic carbocycles. The third-order valence-corrected chi connectivity index (χ3v) is 1.85. The summed E-state index contributed by atoms with van der Waals surface area (Å²) in [6.45, 7) is 6.48. The van der Waals surface area contributed by atoms with Gasteiger partial charge in [0.1, 0.15) is 13.2 Å². The van der Waals surface area contributed by atoms with Crippen molar-refractivity contribution < 1.29 is 19.1 Å². The van der Waals surface area contributed by atoms with Crippen molar-refractivity contribution in [3.63, 3.8) is 0 Å². The van der Waals surface area contributed by atoms with Gasteiger partial charge in [-0.3, -0.25) is 9.59 Å². The summed E-state index contributed by atoms with van der Waals surface area (Å²) in [5.74, 6) is -0.289. The van der Waals surface area contributed by atoms with Gasteiger partial charge in [-0.2, -0.15) is 0 Å². The van der Waals surface area contributed by atoms with E-state index in [1.54, 1.807) is 0 Å². The highest BCUT2D eigenvalue weighted by Gasteiger charge is 2.07. The Morgan fingerprint density at radius 2 is 1.94 bits per heavy atom. The Morgan fingerprint density at radius 1 is 1.25 bits per heavy atom. The molecule has 94 valence electrons. The summed E-state index contributed by atoms with van der Waals surface area (Å²) in [4.78, 5) is 21.8. The third kappa shape index (κ3) is 9.61. The van der Waals surface area contributed by atoms with Crippen molar-refractivity contribution in [1.82, 2.24) is 5.32 Å². The van der Waals surface area contributed by atoms with Crippen molar-refractivity contribution in [2.24, 2.45) is 0 Å². The molecule has 0 radical (unpaired) electrons. The van der Waals surface area contributed by atoms with E-state index in [1.807, 2.05) is 13.8 Å². The number of rotatable bonds is 9. The highest BCUT2D eigenvalue weighted by atomic mass is 16.5. The van der Waals surface area contributed by atoms with E-state index in [2.05, 4.69) is 5.32 Å². The monoisotopic (exact) mass is 231 g/mol. The molecule has 0 saturated carbocycles. The van der Waals surface area contributed by atoms with Crippen LogP contribution >= 0.6 is 0 Å². The summed E-state index contributed by atoms with van der Waals surface area (Å²) in [5.41, 5.74) is 0. The molecule has 0 aromatic heterocycles. The maximum atomic E-state index is 11.3. The quantitative estimate of drug-likeness (QED) is 0.588. The Balaban J connectivity index is 3.50. The van der Waals surface area contributed by atoms with Crippen molar-refractivity contribution in [2.75, 3.05) is 26.4 Å². The molecule has 0 aliphatic rings. The van der Waals surface area contributed by atoms with Crippen molar-refractivity contribution in [2.45, 2.75) is 33.2 Å². The van der Waals surface area contributed by atoms with E-state index in [9.17, 15) is 9.59 Å². The summed E-state index contributed by atoms with van der Waals surface area (Å²) in [5, 5.41) is 2.76. The molecule has 0 aliphatic heterocycles. The Morgan fingerprint density at radius 3 is 2.50 bits per heavy atom. The Kier molecular flexibility index (Phi) is 8.75. The van der Waals surface area contributed by atoms with Crippen LogP contribution in [0.1, 0.15) is 27.2 Å². The minimum absolute atomic E-state index is 0.0131. The molecule has 0 rings (SSSR count). The van der Waals surface area contributed by atoms with Crippen LogP contribution in [0.25, 0.3) is 0 Å². The van der Waals surface area contributed by atoms with E-state index in [0.717, 1.165) is 6.42 Å². The lowest BCUT2D eigenvalue weighted by atomic mass is 10.2. The summed E-state index contributed by atoms with van der Waals surface area (Å²) in [6, 6.07) is 0.0555. The number of carbonyl (C=O) groups is 2. The molecule has 0 heterocycles. The zero-order chi connectivity index (χ0) is 12.4. The van der Waals surface area contributed by atoms with Gasteiger partial charge in [0.15, 0.2) is 5.78 Å². The molecule has 0 aliphatic carbocycles. The second-order valence-corrected chi connectivity index (χ2v) is 3.65. The summed E-state index contributed by atoms with van der Waals surface area (Å²) in [7, 11) is 0. The smallest absolute Gasteiger partial charge is 0.246 e. The highest BCUT2D eigenvalue weighted by Crippen LogP contribution is 1.91. The normalized spacial score (nSPS) is 12.2. The van der Waals surface area contributed by atoms with E-state index in [-0.39, 0.29) is 30.9 Å². The Labute approximate surface area is 96.5 Å². The van der Waals surface area contributed by atoms with Crippen LogP contribution in [0.15, 0.2) is 0 Å². The largest absolute Gasteiger partial charge is 0.382 e. The molecule has 0 spiro atoms. The number of ether oxygens (including phenoxy) is 2. The van der Waals surface area contributed by atoms with Gasteiger partial charge in [-0.15, -0.1) is 0 Å². The van der Waals surface area contributed by atoms with Gasteiger partial charge in [-0.05, 0) is 27.2 Å². The summed E-state index contributed by atoms with van der Waals surface area (Å²) >= 11 is 0. The van der Waals surface area contributed by atoms with Gasteiger partial charge in [0, 0.05) is 19.3 Å². The van der Waals surface area contributed by atoms with Gasteiger partial charge in [-0.1, -0.05) is 0 Å². The topological polar surface area (TPSA) is 64.6 Å². The zero-order valence-corrected chi connectivity index (χ0v) is 10.2. The fourth-order valence-electron chi connectivity index (χ4n) is 1.08. The summed E-state index contributed by atoms with van der Waals surface area (Å²) < 4.78 is 10.1. The van der Waals surface area contributed by atoms with Gasteiger partial charge >= 0.3 is 0 Å². The van der Waals surface area contributed by atoms with Crippen LogP contribution in [0.4, 0.5) is 0 Å². The fourth-order valence-corrected chi connectivity index (χ4v) is 1.08. The first kappa shape index (κ1) is 15.1. The Hall–Kier alpha value is -0.940. The molecule has 1 unspecified atom stereocenters.